The van der Waals surface area contributed by atoms with Crippen LogP contribution in [0.1, 0.15) is 23.7 Å². The molecule has 17 heavy (non-hydrogen) atoms. The number of aryl methyl sites for hydroxylation is 1. The van der Waals surface area contributed by atoms with Gasteiger partial charge in [0.1, 0.15) is 11.9 Å². The zero-order chi connectivity index (χ0) is 11.7. The van der Waals surface area contributed by atoms with Crippen molar-refractivity contribution >= 4 is 5.69 Å². The molecule has 2 nitrogen and oxygen atoms in total. The Morgan fingerprint density at radius 2 is 1.76 bits per heavy atom. The van der Waals surface area contributed by atoms with E-state index in [1.165, 1.54) is 11.1 Å². The van der Waals surface area contributed by atoms with E-state index in [1.54, 1.807) is 0 Å². The van der Waals surface area contributed by atoms with Gasteiger partial charge in [0.15, 0.2) is 0 Å². The van der Waals surface area contributed by atoms with E-state index in [2.05, 4.69) is 24.3 Å². The molecule has 0 fully saturated rings. The van der Waals surface area contributed by atoms with Gasteiger partial charge in [-0.05, 0) is 48.2 Å². The molecule has 0 saturated carbocycles. The van der Waals surface area contributed by atoms with Crippen molar-refractivity contribution in [1.29, 1.82) is 0 Å². The fourth-order valence-corrected chi connectivity index (χ4v) is 2.35. The van der Waals surface area contributed by atoms with Crippen LogP contribution in [0.25, 0.3) is 0 Å². The number of anilines is 1. The molecule has 0 heterocycles. The maximum absolute atomic E-state index is 6.00. The molecule has 86 valence electrons. The topological polar surface area (TPSA) is 35.2 Å². The van der Waals surface area contributed by atoms with Crippen molar-refractivity contribution in [2.75, 3.05) is 5.73 Å². The Morgan fingerprint density at radius 3 is 2.59 bits per heavy atom. The third-order valence-electron chi connectivity index (χ3n) is 3.24. The van der Waals surface area contributed by atoms with Crippen LogP contribution in [0.4, 0.5) is 5.69 Å². The number of benzene rings is 2. The van der Waals surface area contributed by atoms with Crippen LogP contribution in [0.5, 0.6) is 5.75 Å². The molecule has 0 amide bonds. The van der Waals surface area contributed by atoms with Gasteiger partial charge in [0.05, 0.1) is 0 Å². The molecule has 2 aromatic rings. The SMILES string of the molecule is Nc1ccc(O[C@@H]2CCc3ccccc32)cc1. The standard InChI is InChI=1S/C15H15NO/c16-12-6-8-13(9-7-12)17-15-10-5-11-3-1-2-4-14(11)15/h1-4,6-9,15H,5,10,16H2/t15-/m1/s1. The molecule has 0 saturated heterocycles. The fraction of sp³-hybridized carbons (Fsp3) is 0.200. The van der Waals surface area contributed by atoms with Crippen LogP contribution in [0.2, 0.25) is 0 Å². The molecule has 2 heteroatoms. The van der Waals surface area contributed by atoms with E-state index in [9.17, 15) is 0 Å². The van der Waals surface area contributed by atoms with Crippen LogP contribution in [0.3, 0.4) is 0 Å². The molecule has 3 rings (SSSR count). The summed E-state index contributed by atoms with van der Waals surface area (Å²) in [6.07, 6.45) is 2.36. The van der Waals surface area contributed by atoms with Crippen LogP contribution in [0, 0.1) is 0 Å². The van der Waals surface area contributed by atoms with Gasteiger partial charge in [-0.1, -0.05) is 24.3 Å². The van der Waals surface area contributed by atoms with E-state index in [1.807, 2.05) is 24.3 Å². The van der Waals surface area contributed by atoms with Gasteiger partial charge >= 0.3 is 0 Å². The van der Waals surface area contributed by atoms with E-state index in [0.29, 0.717) is 0 Å². The highest BCUT2D eigenvalue weighted by Gasteiger charge is 2.23. The summed E-state index contributed by atoms with van der Waals surface area (Å²) in [5, 5.41) is 0. The molecule has 0 unspecified atom stereocenters. The molecular weight excluding hydrogens is 210 g/mol. The molecule has 0 aromatic heterocycles. The third-order valence-corrected chi connectivity index (χ3v) is 3.24. The molecule has 2 aromatic carbocycles. The van der Waals surface area contributed by atoms with Gasteiger partial charge in [0.25, 0.3) is 0 Å². The zero-order valence-electron chi connectivity index (χ0n) is 9.60. The van der Waals surface area contributed by atoms with Crippen molar-refractivity contribution in [2.24, 2.45) is 0 Å². The average Bonchev–Trinajstić information content (AvgIpc) is 2.76. The highest BCUT2D eigenvalue weighted by molar-refractivity contribution is 5.42. The zero-order valence-corrected chi connectivity index (χ0v) is 9.60. The molecule has 0 spiro atoms. The van der Waals surface area contributed by atoms with Crippen LogP contribution in [0.15, 0.2) is 48.5 Å². The molecule has 0 bridgehead atoms. The van der Waals surface area contributed by atoms with Gasteiger partial charge in [-0.3, -0.25) is 0 Å². The lowest BCUT2D eigenvalue weighted by Gasteiger charge is -2.14. The molecule has 1 aliphatic carbocycles. The van der Waals surface area contributed by atoms with Crippen molar-refractivity contribution < 1.29 is 4.74 Å². The first-order chi connectivity index (χ1) is 8.33. The smallest absolute Gasteiger partial charge is 0.124 e. The van der Waals surface area contributed by atoms with Crippen molar-refractivity contribution in [1.82, 2.24) is 0 Å². The number of ether oxygens (including phenoxy) is 1. The second kappa shape index (κ2) is 4.13. The molecule has 0 radical (unpaired) electrons. The Morgan fingerprint density at radius 1 is 1.00 bits per heavy atom. The predicted molar refractivity (Wildman–Crippen MR) is 69.0 cm³/mol. The summed E-state index contributed by atoms with van der Waals surface area (Å²) >= 11 is 0. The molecule has 2 N–H and O–H groups in total. The van der Waals surface area contributed by atoms with Crippen molar-refractivity contribution in [3.63, 3.8) is 0 Å². The lowest BCUT2D eigenvalue weighted by Crippen LogP contribution is -2.03. The highest BCUT2D eigenvalue weighted by atomic mass is 16.5. The number of nitrogen functional groups attached to an aromatic ring is 1. The van der Waals surface area contributed by atoms with Crippen molar-refractivity contribution in [2.45, 2.75) is 18.9 Å². The fourth-order valence-electron chi connectivity index (χ4n) is 2.35. The first kappa shape index (κ1) is 10.2. The molecule has 0 aliphatic heterocycles. The minimum Gasteiger partial charge on any atom is -0.486 e. The summed E-state index contributed by atoms with van der Waals surface area (Å²) in [5.74, 6) is 0.890. The summed E-state index contributed by atoms with van der Waals surface area (Å²) in [6.45, 7) is 0. The third kappa shape index (κ3) is 1.98. The normalized spacial score (nSPS) is 17.8. The number of hydrogen-bond acceptors (Lipinski definition) is 2. The summed E-state index contributed by atoms with van der Waals surface area (Å²) in [7, 11) is 0. The van der Waals surface area contributed by atoms with Gasteiger partial charge in [-0.2, -0.15) is 0 Å². The lowest BCUT2D eigenvalue weighted by atomic mass is 10.1. The first-order valence-corrected chi connectivity index (χ1v) is 5.93. The summed E-state index contributed by atoms with van der Waals surface area (Å²) in [4.78, 5) is 0. The maximum Gasteiger partial charge on any atom is 0.124 e. The van der Waals surface area contributed by atoms with E-state index in [-0.39, 0.29) is 6.10 Å². The summed E-state index contributed by atoms with van der Waals surface area (Å²) < 4.78 is 6.00. The molecule has 1 atom stereocenters. The van der Waals surface area contributed by atoms with Crippen molar-refractivity contribution in [3.8, 4) is 5.75 Å². The maximum atomic E-state index is 6.00. The Bertz CT molecular complexity index is 519. The average molecular weight is 225 g/mol. The largest absolute Gasteiger partial charge is 0.486 e. The van der Waals surface area contributed by atoms with Crippen LogP contribution in [-0.2, 0) is 6.42 Å². The minimum absolute atomic E-state index is 0.190. The van der Waals surface area contributed by atoms with Crippen LogP contribution in [-0.4, -0.2) is 0 Å². The Labute approximate surface area is 101 Å². The predicted octanol–water partition coefficient (Wildman–Crippen LogP) is 3.34. The number of rotatable bonds is 2. The quantitative estimate of drug-likeness (QED) is 0.795. The highest BCUT2D eigenvalue weighted by Crippen LogP contribution is 2.34. The van der Waals surface area contributed by atoms with Gasteiger partial charge in [-0.15, -0.1) is 0 Å². The van der Waals surface area contributed by atoms with Crippen molar-refractivity contribution in [3.05, 3.63) is 59.7 Å². The van der Waals surface area contributed by atoms with Gasteiger partial charge in [0, 0.05) is 5.69 Å². The van der Waals surface area contributed by atoms with Gasteiger partial charge in [0.2, 0.25) is 0 Å². The lowest BCUT2D eigenvalue weighted by molar-refractivity contribution is 0.207. The second-order valence-electron chi connectivity index (χ2n) is 4.41. The van der Waals surface area contributed by atoms with E-state index >= 15 is 0 Å². The number of hydrogen-bond donors (Lipinski definition) is 1. The monoisotopic (exact) mass is 225 g/mol. The van der Waals surface area contributed by atoms with Crippen LogP contribution < -0.4 is 10.5 Å². The molecule has 1 aliphatic rings. The van der Waals surface area contributed by atoms with E-state index in [4.69, 9.17) is 10.5 Å². The van der Waals surface area contributed by atoms with E-state index < -0.39 is 0 Å². The Hall–Kier alpha value is -1.96. The summed E-state index contributed by atoms with van der Waals surface area (Å²) in [6, 6.07) is 16.1. The first-order valence-electron chi connectivity index (χ1n) is 5.93. The number of nitrogens with two attached hydrogens (primary N) is 1. The van der Waals surface area contributed by atoms with Crippen LogP contribution >= 0.6 is 0 Å². The molecular formula is C15H15NO. The second-order valence-corrected chi connectivity index (χ2v) is 4.41. The van der Waals surface area contributed by atoms with Gasteiger partial charge in [-0.25, -0.2) is 0 Å². The number of fused-ring (bicyclic) bond motifs is 1. The van der Waals surface area contributed by atoms with E-state index in [0.717, 1.165) is 24.3 Å². The van der Waals surface area contributed by atoms with Gasteiger partial charge < -0.3 is 10.5 Å². The minimum atomic E-state index is 0.190. The Kier molecular flexibility index (Phi) is 2.48. The Balaban J connectivity index is 1.81. The summed E-state index contributed by atoms with van der Waals surface area (Å²) in [5.41, 5.74) is 9.16.